The van der Waals surface area contributed by atoms with E-state index < -0.39 is 0 Å². The lowest BCUT2D eigenvalue weighted by Crippen LogP contribution is -2.02. The third-order valence-electron chi connectivity index (χ3n) is 3.89. The first kappa shape index (κ1) is 15.0. The number of rotatable bonds is 3. The van der Waals surface area contributed by atoms with E-state index in [1.807, 2.05) is 6.92 Å². The summed E-state index contributed by atoms with van der Waals surface area (Å²) in [4.78, 5) is 4.25. The average molecular weight is 308 g/mol. The first-order chi connectivity index (χ1) is 11.1. The highest BCUT2D eigenvalue weighted by atomic mass is 19.1. The lowest BCUT2D eigenvalue weighted by Gasteiger charge is -2.16. The maximum absolute atomic E-state index is 14.2. The van der Waals surface area contributed by atoms with E-state index in [9.17, 15) is 9.50 Å². The van der Waals surface area contributed by atoms with Crippen LogP contribution in [0.5, 0.6) is 5.75 Å². The highest BCUT2D eigenvalue weighted by Gasteiger charge is 2.16. The van der Waals surface area contributed by atoms with E-state index in [2.05, 4.69) is 4.98 Å². The molecule has 1 aromatic heterocycles. The molecular formula is C19H17FN2O. The molecule has 3 rings (SSSR count). The number of anilines is 1. The van der Waals surface area contributed by atoms with Gasteiger partial charge < -0.3 is 10.8 Å². The fourth-order valence-corrected chi connectivity index (χ4v) is 2.80. The summed E-state index contributed by atoms with van der Waals surface area (Å²) in [6.07, 6.45) is 2.31. The first-order valence-electron chi connectivity index (χ1n) is 7.43. The number of aromatic nitrogens is 1. The van der Waals surface area contributed by atoms with Crippen molar-refractivity contribution in [2.45, 2.75) is 13.3 Å². The van der Waals surface area contributed by atoms with Gasteiger partial charge >= 0.3 is 0 Å². The molecule has 23 heavy (non-hydrogen) atoms. The second-order valence-corrected chi connectivity index (χ2v) is 5.29. The molecule has 3 aromatic rings. The SMILES string of the molecule is CCc1c(-c2ccccc2F)cnc(N)c1-c1ccc(O)cc1. The Morgan fingerprint density at radius 1 is 1.04 bits per heavy atom. The van der Waals surface area contributed by atoms with Crippen molar-refractivity contribution in [2.24, 2.45) is 0 Å². The molecule has 0 saturated carbocycles. The lowest BCUT2D eigenvalue weighted by molar-refractivity contribution is 0.475. The van der Waals surface area contributed by atoms with Gasteiger partial charge in [-0.05, 0) is 35.7 Å². The standard InChI is InChI=1S/C19H17FN2O/c1-2-14-16(15-5-3-4-6-17(15)20)11-22-19(21)18(14)12-7-9-13(23)10-8-12/h3-11,23H,2H2,1H3,(H2,21,22). The van der Waals surface area contributed by atoms with E-state index in [0.29, 0.717) is 17.8 Å². The molecule has 3 nitrogen and oxygen atoms in total. The lowest BCUT2D eigenvalue weighted by atomic mass is 9.92. The molecule has 0 amide bonds. The van der Waals surface area contributed by atoms with Crippen LogP contribution in [-0.2, 0) is 6.42 Å². The Bertz CT molecular complexity index is 844. The number of phenols is 1. The summed E-state index contributed by atoms with van der Waals surface area (Å²) >= 11 is 0. The quantitative estimate of drug-likeness (QED) is 0.753. The van der Waals surface area contributed by atoms with E-state index in [0.717, 1.165) is 22.3 Å². The van der Waals surface area contributed by atoms with Gasteiger partial charge in [-0.25, -0.2) is 9.37 Å². The molecule has 2 aromatic carbocycles. The van der Waals surface area contributed by atoms with Crippen molar-refractivity contribution in [1.82, 2.24) is 4.98 Å². The summed E-state index contributed by atoms with van der Waals surface area (Å²) in [5.74, 6) is 0.293. The molecule has 0 fully saturated rings. The van der Waals surface area contributed by atoms with Crippen molar-refractivity contribution in [3.8, 4) is 28.0 Å². The molecule has 0 saturated heterocycles. The molecule has 0 unspecified atom stereocenters. The van der Waals surface area contributed by atoms with Crippen molar-refractivity contribution in [3.05, 3.63) is 66.1 Å². The predicted octanol–water partition coefficient (Wildman–Crippen LogP) is 4.40. The van der Waals surface area contributed by atoms with E-state index in [1.54, 1.807) is 48.7 Å². The van der Waals surface area contributed by atoms with Crippen LogP contribution in [0.1, 0.15) is 12.5 Å². The Morgan fingerprint density at radius 3 is 2.39 bits per heavy atom. The summed E-state index contributed by atoms with van der Waals surface area (Å²) < 4.78 is 14.2. The smallest absolute Gasteiger partial charge is 0.131 e. The van der Waals surface area contributed by atoms with Gasteiger partial charge in [-0.3, -0.25) is 0 Å². The van der Waals surface area contributed by atoms with Gasteiger partial charge in [0, 0.05) is 22.9 Å². The van der Waals surface area contributed by atoms with Gasteiger partial charge in [-0.15, -0.1) is 0 Å². The van der Waals surface area contributed by atoms with Crippen molar-refractivity contribution in [3.63, 3.8) is 0 Å². The van der Waals surface area contributed by atoms with Gasteiger partial charge in [0.2, 0.25) is 0 Å². The molecule has 0 aliphatic carbocycles. The van der Waals surface area contributed by atoms with Gasteiger partial charge in [0.1, 0.15) is 17.4 Å². The van der Waals surface area contributed by atoms with Gasteiger partial charge in [0.15, 0.2) is 0 Å². The summed E-state index contributed by atoms with van der Waals surface area (Å²) in [6, 6.07) is 13.4. The van der Waals surface area contributed by atoms with Gasteiger partial charge in [-0.2, -0.15) is 0 Å². The highest BCUT2D eigenvalue weighted by Crippen LogP contribution is 2.36. The van der Waals surface area contributed by atoms with Gasteiger partial charge in [0.25, 0.3) is 0 Å². The summed E-state index contributed by atoms with van der Waals surface area (Å²) in [7, 11) is 0. The van der Waals surface area contributed by atoms with E-state index in [4.69, 9.17) is 5.73 Å². The van der Waals surface area contributed by atoms with E-state index in [1.165, 1.54) is 6.07 Å². The number of nitrogens with zero attached hydrogens (tertiary/aromatic N) is 1. The minimum absolute atomic E-state index is 0.184. The van der Waals surface area contributed by atoms with Crippen molar-refractivity contribution >= 4 is 5.82 Å². The fourth-order valence-electron chi connectivity index (χ4n) is 2.80. The molecule has 3 N–H and O–H groups in total. The number of benzene rings is 2. The van der Waals surface area contributed by atoms with Crippen molar-refractivity contribution in [2.75, 3.05) is 5.73 Å². The number of pyridine rings is 1. The summed E-state index contributed by atoms with van der Waals surface area (Å²) in [5.41, 5.74) is 9.91. The van der Waals surface area contributed by atoms with Crippen LogP contribution in [0.3, 0.4) is 0 Å². The third-order valence-corrected chi connectivity index (χ3v) is 3.89. The first-order valence-corrected chi connectivity index (χ1v) is 7.43. The van der Waals surface area contributed by atoms with Crippen LogP contribution in [0.25, 0.3) is 22.3 Å². The Kier molecular flexibility index (Phi) is 3.98. The topological polar surface area (TPSA) is 59.1 Å². The number of hydrogen-bond donors (Lipinski definition) is 2. The molecule has 0 aliphatic rings. The van der Waals surface area contributed by atoms with Crippen LogP contribution in [0.2, 0.25) is 0 Å². The van der Waals surface area contributed by atoms with Crippen LogP contribution in [0, 0.1) is 5.82 Å². The Balaban J connectivity index is 2.27. The number of halogens is 1. The fraction of sp³-hybridized carbons (Fsp3) is 0.105. The van der Waals surface area contributed by atoms with E-state index in [-0.39, 0.29) is 11.6 Å². The predicted molar refractivity (Wildman–Crippen MR) is 90.5 cm³/mol. The molecule has 116 valence electrons. The number of hydrogen-bond acceptors (Lipinski definition) is 3. The van der Waals surface area contributed by atoms with Crippen LogP contribution < -0.4 is 5.73 Å². The molecule has 4 heteroatoms. The number of phenolic OH excluding ortho intramolecular Hbond substituents is 1. The van der Waals surface area contributed by atoms with Crippen LogP contribution >= 0.6 is 0 Å². The minimum atomic E-state index is -0.287. The minimum Gasteiger partial charge on any atom is -0.508 e. The van der Waals surface area contributed by atoms with Crippen LogP contribution in [0.4, 0.5) is 10.2 Å². The monoisotopic (exact) mass is 308 g/mol. The number of nitrogen functional groups attached to an aromatic ring is 1. The molecule has 0 bridgehead atoms. The largest absolute Gasteiger partial charge is 0.508 e. The third kappa shape index (κ3) is 2.75. The van der Waals surface area contributed by atoms with Gasteiger partial charge in [0.05, 0.1) is 0 Å². The Labute approximate surface area is 134 Å². The molecule has 0 atom stereocenters. The zero-order chi connectivity index (χ0) is 16.4. The van der Waals surface area contributed by atoms with Crippen molar-refractivity contribution < 1.29 is 9.50 Å². The number of aromatic hydroxyl groups is 1. The molecular weight excluding hydrogens is 291 g/mol. The normalized spacial score (nSPS) is 10.7. The second kappa shape index (κ2) is 6.08. The Hall–Kier alpha value is -2.88. The molecule has 1 heterocycles. The molecule has 0 spiro atoms. The van der Waals surface area contributed by atoms with Crippen LogP contribution in [-0.4, -0.2) is 10.1 Å². The van der Waals surface area contributed by atoms with Gasteiger partial charge in [-0.1, -0.05) is 37.3 Å². The summed E-state index contributed by atoms with van der Waals surface area (Å²) in [5, 5.41) is 9.47. The summed E-state index contributed by atoms with van der Waals surface area (Å²) in [6.45, 7) is 2.00. The van der Waals surface area contributed by atoms with Crippen molar-refractivity contribution in [1.29, 1.82) is 0 Å². The maximum Gasteiger partial charge on any atom is 0.131 e. The Morgan fingerprint density at radius 2 is 1.74 bits per heavy atom. The average Bonchev–Trinajstić information content (AvgIpc) is 2.56. The second-order valence-electron chi connectivity index (χ2n) is 5.29. The zero-order valence-electron chi connectivity index (χ0n) is 12.8. The highest BCUT2D eigenvalue weighted by molar-refractivity contribution is 5.84. The molecule has 0 radical (unpaired) electrons. The van der Waals surface area contributed by atoms with Crippen LogP contribution in [0.15, 0.2) is 54.7 Å². The number of nitrogens with two attached hydrogens (primary N) is 1. The maximum atomic E-state index is 14.2. The zero-order valence-corrected chi connectivity index (χ0v) is 12.8. The van der Waals surface area contributed by atoms with E-state index >= 15 is 0 Å². The molecule has 0 aliphatic heterocycles.